The smallest absolute Gasteiger partial charge is 0.213 e. The van der Waals surface area contributed by atoms with Crippen molar-refractivity contribution in [1.82, 2.24) is 15.2 Å². The van der Waals surface area contributed by atoms with Crippen molar-refractivity contribution in [3.05, 3.63) is 52.6 Å². The van der Waals surface area contributed by atoms with Crippen molar-refractivity contribution < 1.29 is 4.74 Å². The Balaban J connectivity index is 1.26. The predicted molar refractivity (Wildman–Crippen MR) is 121 cm³/mol. The molecule has 3 fully saturated rings. The third kappa shape index (κ3) is 3.58. The monoisotopic (exact) mass is 420 g/mol. The maximum Gasteiger partial charge on any atom is 0.213 e. The van der Waals surface area contributed by atoms with Gasteiger partial charge in [0.1, 0.15) is 10.0 Å². The van der Waals surface area contributed by atoms with Crippen molar-refractivity contribution in [2.45, 2.75) is 50.9 Å². The zero-order valence-electron chi connectivity index (χ0n) is 17.6. The highest BCUT2D eigenvalue weighted by Gasteiger charge is 2.50. The third-order valence-corrected chi connectivity index (χ3v) is 8.27. The Bertz CT molecular complexity index is 1020. The number of aryl methyl sites for hydroxylation is 1. The Morgan fingerprint density at radius 3 is 2.47 bits per heavy atom. The minimum Gasteiger partial charge on any atom is -0.481 e. The van der Waals surface area contributed by atoms with Crippen LogP contribution in [0.25, 0.3) is 11.1 Å². The molecule has 0 saturated heterocycles. The zero-order chi connectivity index (χ0) is 20.6. The zero-order valence-corrected chi connectivity index (χ0v) is 18.5. The van der Waals surface area contributed by atoms with Gasteiger partial charge in [0.05, 0.1) is 7.11 Å². The minimum absolute atomic E-state index is 0.300. The Labute approximate surface area is 181 Å². The molecule has 3 saturated carbocycles. The average Bonchev–Trinajstić information content (AvgIpc) is 3.26. The first kappa shape index (κ1) is 19.5. The molecular formula is C24H28N4OS. The average molecular weight is 421 g/mol. The molecule has 3 aliphatic carbocycles. The molecule has 0 radical (unpaired) electrons. The number of fused-ring (bicyclic) bond motifs is 3. The lowest BCUT2D eigenvalue weighted by molar-refractivity contribution is 0.0501. The second kappa shape index (κ2) is 7.65. The van der Waals surface area contributed by atoms with Gasteiger partial charge >= 0.3 is 0 Å². The molecule has 1 N–H and O–H groups in total. The number of hydrogen-bond donors (Lipinski definition) is 1. The maximum atomic E-state index is 5.27. The topological polar surface area (TPSA) is 59.9 Å². The first-order valence-corrected chi connectivity index (χ1v) is 11.6. The van der Waals surface area contributed by atoms with Crippen molar-refractivity contribution in [3.63, 3.8) is 0 Å². The molecule has 0 amide bonds. The van der Waals surface area contributed by atoms with Gasteiger partial charge in [-0.3, -0.25) is 0 Å². The van der Waals surface area contributed by atoms with Gasteiger partial charge < -0.3 is 10.1 Å². The minimum atomic E-state index is 0.300. The van der Waals surface area contributed by atoms with Gasteiger partial charge in [-0.15, -0.1) is 21.5 Å². The quantitative estimate of drug-likeness (QED) is 0.561. The molecule has 156 valence electrons. The SMILES string of the molecule is COc1cc(-c2cccc(NCC34CCC(c5nnc(C)s5)(CC3)CC4)c2)ccn1. The molecule has 0 spiro atoms. The van der Waals surface area contributed by atoms with Crippen molar-refractivity contribution >= 4 is 17.0 Å². The van der Waals surface area contributed by atoms with Gasteiger partial charge in [0.25, 0.3) is 0 Å². The van der Waals surface area contributed by atoms with E-state index in [0.29, 0.717) is 16.7 Å². The van der Waals surface area contributed by atoms with E-state index in [0.717, 1.165) is 17.1 Å². The molecule has 2 bridgehead atoms. The summed E-state index contributed by atoms with van der Waals surface area (Å²) in [6, 6.07) is 12.7. The highest BCUT2D eigenvalue weighted by Crippen LogP contribution is 2.58. The highest BCUT2D eigenvalue weighted by atomic mass is 32.1. The van der Waals surface area contributed by atoms with E-state index in [1.54, 1.807) is 24.6 Å². The van der Waals surface area contributed by atoms with Crippen LogP contribution in [0, 0.1) is 12.3 Å². The van der Waals surface area contributed by atoms with Crippen LogP contribution < -0.4 is 10.1 Å². The second-order valence-corrected chi connectivity index (χ2v) is 10.1. The summed E-state index contributed by atoms with van der Waals surface area (Å²) in [6.45, 7) is 3.11. The van der Waals surface area contributed by atoms with Crippen LogP contribution in [-0.2, 0) is 5.41 Å². The summed E-state index contributed by atoms with van der Waals surface area (Å²) >= 11 is 1.80. The fraction of sp³-hybridized carbons (Fsp3) is 0.458. The van der Waals surface area contributed by atoms with Gasteiger partial charge in [0, 0.05) is 29.9 Å². The van der Waals surface area contributed by atoms with Crippen molar-refractivity contribution in [3.8, 4) is 17.0 Å². The molecule has 6 heteroatoms. The van der Waals surface area contributed by atoms with E-state index in [2.05, 4.69) is 51.7 Å². The van der Waals surface area contributed by atoms with Crippen molar-refractivity contribution in [1.29, 1.82) is 0 Å². The summed E-state index contributed by atoms with van der Waals surface area (Å²) in [5, 5.41) is 14.9. The molecule has 2 heterocycles. The number of nitrogens with one attached hydrogen (secondary N) is 1. The Kier molecular flexibility index (Phi) is 4.97. The van der Waals surface area contributed by atoms with Crippen LogP contribution in [0.1, 0.15) is 48.5 Å². The number of methoxy groups -OCH3 is 1. The maximum absolute atomic E-state index is 5.27. The lowest BCUT2D eigenvalue weighted by Crippen LogP contribution is -2.47. The van der Waals surface area contributed by atoms with Crippen LogP contribution >= 0.6 is 11.3 Å². The van der Waals surface area contributed by atoms with Crippen molar-refractivity contribution in [2.75, 3.05) is 19.0 Å². The van der Waals surface area contributed by atoms with E-state index in [9.17, 15) is 0 Å². The first-order valence-electron chi connectivity index (χ1n) is 10.7. The van der Waals surface area contributed by atoms with Crippen molar-refractivity contribution in [2.24, 2.45) is 5.41 Å². The third-order valence-electron chi connectivity index (χ3n) is 7.19. The predicted octanol–water partition coefficient (Wildman–Crippen LogP) is 5.62. The largest absolute Gasteiger partial charge is 0.481 e. The molecule has 0 atom stereocenters. The Morgan fingerprint density at radius 1 is 1.00 bits per heavy atom. The van der Waals surface area contributed by atoms with Crippen LogP contribution in [0.3, 0.4) is 0 Å². The number of pyridine rings is 1. The Hall–Kier alpha value is -2.47. The summed E-state index contributed by atoms with van der Waals surface area (Å²) in [5.74, 6) is 0.642. The number of ether oxygens (including phenoxy) is 1. The van der Waals surface area contributed by atoms with Crippen LogP contribution in [-0.4, -0.2) is 28.8 Å². The fourth-order valence-corrected chi connectivity index (χ4v) is 6.12. The number of benzene rings is 1. The van der Waals surface area contributed by atoms with Gasteiger partial charge in [0.15, 0.2) is 0 Å². The van der Waals surface area contributed by atoms with Crippen LogP contribution in [0.15, 0.2) is 42.6 Å². The van der Waals surface area contributed by atoms with E-state index in [-0.39, 0.29) is 0 Å². The van der Waals surface area contributed by atoms with Crippen LogP contribution in [0.2, 0.25) is 0 Å². The molecule has 1 aromatic carbocycles. The number of aromatic nitrogens is 3. The van der Waals surface area contributed by atoms with Crippen LogP contribution in [0.5, 0.6) is 5.88 Å². The molecule has 3 aliphatic rings. The molecule has 3 aromatic rings. The van der Waals surface area contributed by atoms with E-state index in [4.69, 9.17) is 4.74 Å². The highest BCUT2D eigenvalue weighted by molar-refractivity contribution is 7.11. The molecule has 2 aromatic heterocycles. The summed E-state index contributed by atoms with van der Waals surface area (Å²) in [6.07, 6.45) is 9.38. The molecule has 6 rings (SSSR count). The van der Waals surface area contributed by atoms with Gasteiger partial charge in [-0.2, -0.15) is 0 Å². The number of nitrogens with zero attached hydrogens (tertiary/aromatic N) is 3. The van der Waals surface area contributed by atoms with E-state index >= 15 is 0 Å². The molecule has 0 unspecified atom stereocenters. The van der Waals surface area contributed by atoms with E-state index in [1.807, 2.05) is 12.1 Å². The summed E-state index contributed by atoms with van der Waals surface area (Å²) < 4.78 is 5.27. The molecule has 30 heavy (non-hydrogen) atoms. The molecule has 5 nitrogen and oxygen atoms in total. The number of hydrogen-bond acceptors (Lipinski definition) is 6. The van der Waals surface area contributed by atoms with Gasteiger partial charge in [0.2, 0.25) is 5.88 Å². The number of rotatable bonds is 6. The lowest BCUT2D eigenvalue weighted by Gasteiger charge is -2.52. The molecule has 0 aliphatic heterocycles. The fourth-order valence-electron chi connectivity index (χ4n) is 5.16. The standard InChI is InChI=1S/C24H28N4OS/c1-17-27-28-22(30-17)24-10-7-23(8-11-24,9-12-24)16-26-20-5-3-4-18(14-20)19-6-13-25-21(15-19)29-2/h3-6,13-15,26H,7-12,16H2,1-2H3. The first-order chi connectivity index (χ1) is 14.6. The van der Waals surface area contributed by atoms with E-state index < -0.39 is 0 Å². The second-order valence-electron chi connectivity index (χ2n) is 8.93. The summed E-state index contributed by atoms with van der Waals surface area (Å²) in [7, 11) is 1.65. The van der Waals surface area contributed by atoms with E-state index in [1.165, 1.54) is 54.8 Å². The van der Waals surface area contributed by atoms with Gasteiger partial charge in [-0.05, 0) is 80.2 Å². The van der Waals surface area contributed by atoms with Crippen LogP contribution in [0.4, 0.5) is 5.69 Å². The van der Waals surface area contributed by atoms with Gasteiger partial charge in [-0.1, -0.05) is 12.1 Å². The van der Waals surface area contributed by atoms with Gasteiger partial charge in [-0.25, -0.2) is 4.98 Å². The molecular weight excluding hydrogens is 392 g/mol. The summed E-state index contributed by atoms with van der Waals surface area (Å²) in [5.41, 5.74) is 4.19. The lowest BCUT2D eigenvalue weighted by atomic mass is 9.54. The summed E-state index contributed by atoms with van der Waals surface area (Å²) in [4.78, 5) is 4.21. The normalized spacial score (nSPS) is 25.3. The Morgan fingerprint density at radius 2 is 1.77 bits per heavy atom. The number of anilines is 1.